The summed E-state index contributed by atoms with van der Waals surface area (Å²) in [5, 5.41) is 13.3. The highest BCUT2D eigenvalue weighted by atomic mass is 35.5. The van der Waals surface area contributed by atoms with Gasteiger partial charge in [-0.25, -0.2) is 4.39 Å². The van der Waals surface area contributed by atoms with E-state index in [4.69, 9.17) is 11.6 Å². The monoisotopic (exact) mass is 279 g/mol. The highest BCUT2D eigenvalue weighted by Crippen LogP contribution is 2.27. The van der Waals surface area contributed by atoms with Gasteiger partial charge in [0, 0.05) is 23.7 Å². The Morgan fingerprint density at radius 1 is 1.21 bits per heavy atom. The number of hydrogen-bond donors (Lipinski definition) is 2. The number of nitrogens with one attached hydrogen (secondary N) is 1. The molecule has 0 spiro atoms. The minimum Gasteiger partial charge on any atom is -0.506 e. The molecule has 0 amide bonds. The minimum atomic E-state index is -0.238. The second-order valence-corrected chi connectivity index (χ2v) is 4.78. The molecule has 0 fully saturated rings. The molecular formula is C15H15ClFNO. The van der Waals surface area contributed by atoms with Crippen LogP contribution in [0.1, 0.15) is 24.1 Å². The predicted octanol–water partition coefficient (Wildman–Crippen LogP) is 4.04. The van der Waals surface area contributed by atoms with Crippen LogP contribution in [0.25, 0.3) is 0 Å². The fourth-order valence-electron chi connectivity index (χ4n) is 1.90. The third-order valence-electron chi connectivity index (χ3n) is 3.04. The number of phenols is 1. The molecule has 0 aromatic heterocycles. The van der Waals surface area contributed by atoms with E-state index in [9.17, 15) is 9.50 Å². The van der Waals surface area contributed by atoms with Gasteiger partial charge in [0.2, 0.25) is 0 Å². The number of hydrogen-bond acceptors (Lipinski definition) is 2. The van der Waals surface area contributed by atoms with E-state index in [1.54, 1.807) is 36.4 Å². The van der Waals surface area contributed by atoms with Crippen LogP contribution in [0.15, 0.2) is 42.5 Å². The molecule has 2 N–H and O–H groups in total. The zero-order valence-corrected chi connectivity index (χ0v) is 11.3. The number of benzene rings is 2. The average molecular weight is 280 g/mol. The van der Waals surface area contributed by atoms with Crippen molar-refractivity contribution in [1.29, 1.82) is 0 Å². The third kappa shape index (κ3) is 3.25. The van der Waals surface area contributed by atoms with Crippen LogP contribution in [-0.2, 0) is 6.54 Å². The Bertz CT molecular complexity index is 574. The van der Waals surface area contributed by atoms with E-state index in [2.05, 4.69) is 5.32 Å². The van der Waals surface area contributed by atoms with Gasteiger partial charge in [-0.2, -0.15) is 0 Å². The van der Waals surface area contributed by atoms with E-state index in [1.807, 2.05) is 6.92 Å². The molecular weight excluding hydrogens is 265 g/mol. The molecule has 2 aromatic rings. The third-order valence-corrected chi connectivity index (χ3v) is 3.35. The summed E-state index contributed by atoms with van der Waals surface area (Å²) >= 11 is 5.83. The van der Waals surface area contributed by atoms with Gasteiger partial charge >= 0.3 is 0 Å². The van der Waals surface area contributed by atoms with E-state index in [0.717, 1.165) is 0 Å². The van der Waals surface area contributed by atoms with E-state index in [1.165, 1.54) is 6.07 Å². The first-order valence-electron chi connectivity index (χ1n) is 6.03. The molecule has 0 saturated heterocycles. The van der Waals surface area contributed by atoms with Gasteiger partial charge in [-0.1, -0.05) is 41.9 Å². The van der Waals surface area contributed by atoms with Gasteiger partial charge in [-0.3, -0.25) is 0 Å². The molecule has 100 valence electrons. The first-order chi connectivity index (χ1) is 9.09. The van der Waals surface area contributed by atoms with Crippen LogP contribution < -0.4 is 5.32 Å². The minimum absolute atomic E-state index is 0.0670. The first-order valence-corrected chi connectivity index (χ1v) is 6.41. The van der Waals surface area contributed by atoms with Crippen LogP contribution in [0.2, 0.25) is 5.02 Å². The van der Waals surface area contributed by atoms with Crippen molar-refractivity contribution in [3.63, 3.8) is 0 Å². The smallest absolute Gasteiger partial charge is 0.138 e. The molecule has 1 atom stereocenters. The standard InChI is InChI=1S/C15H15ClFNO/c1-10(12-6-2-3-8-14(12)17)18-9-11-5-4-7-13(16)15(11)19/h2-8,10,18-19H,9H2,1H3/t10-/m1/s1. The van der Waals surface area contributed by atoms with Crippen molar-refractivity contribution in [3.05, 3.63) is 64.4 Å². The van der Waals surface area contributed by atoms with Crippen molar-refractivity contribution in [1.82, 2.24) is 5.32 Å². The van der Waals surface area contributed by atoms with Crippen LogP contribution in [0.5, 0.6) is 5.75 Å². The SMILES string of the molecule is C[C@@H](NCc1cccc(Cl)c1O)c1ccccc1F. The normalized spacial score (nSPS) is 12.4. The van der Waals surface area contributed by atoms with Crippen LogP contribution in [0.3, 0.4) is 0 Å². The zero-order valence-electron chi connectivity index (χ0n) is 10.5. The van der Waals surface area contributed by atoms with Crippen LogP contribution in [0, 0.1) is 5.82 Å². The Kier molecular flexibility index (Phi) is 4.40. The lowest BCUT2D eigenvalue weighted by molar-refractivity contribution is 0.458. The average Bonchev–Trinajstić information content (AvgIpc) is 2.40. The van der Waals surface area contributed by atoms with Crippen LogP contribution >= 0.6 is 11.6 Å². The highest BCUT2D eigenvalue weighted by Gasteiger charge is 2.11. The maximum absolute atomic E-state index is 13.6. The van der Waals surface area contributed by atoms with Crippen molar-refractivity contribution in [2.24, 2.45) is 0 Å². The molecule has 0 aliphatic heterocycles. The summed E-state index contributed by atoms with van der Waals surface area (Å²) in [6.45, 7) is 2.29. The highest BCUT2D eigenvalue weighted by molar-refractivity contribution is 6.32. The summed E-state index contributed by atoms with van der Waals surface area (Å²) in [6.07, 6.45) is 0. The molecule has 2 aromatic carbocycles. The predicted molar refractivity (Wildman–Crippen MR) is 74.8 cm³/mol. The summed E-state index contributed by atoms with van der Waals surface area (Å²) in [5.41, 5.74) is 1.29. The van der Waals surface area contributed by atoms with Crippen molar-refractivity contribution < 1.29 is 9.50 Å². The molecule has 0 heterocycles. The number of para-hydroxylation sites is 1. The summed E-state index contributed by atoms with van der Waals surface area (Å²) in [7, 11) is 0. The second-order valence-electron chi connectivity index (χ2n) is 4.37. The summed E-state index contributed by atoms with van der Waals surface area (Å²) in [6, 6.07) is 11.7. The molecule has 19 heavy (non-hydrogen) atoms. The molecule has 2 rings (SSSR count). The molecule has 0 saturated carbocycles. The van der Waals surface area contributed by atoms with Gasteiger partial charge in [0.1, 0.15) is 11.6 Å². The summed E-state index contributed by atoms with van der Waals surface area (Å²) in [5.74, 6) is -0.171. The Hall–Kier alpha value is -1.58. The summed E-state index contributed by atoms with van der Waals surface area (Å²) in [4.78, 5) is 0. The Morgan fingerprint density at radius 2 is 1.95 bits per heavy atom. The second kappa shape index (κ2) is 6.04. The van der Waals surface area contributed by atoms with Gasteiger partial charge < -0.3 is 10.4 Å². The van der Waals surface area contributed by atoms with Gasteiger partial charge in [-0.15, -0.1) is 0 Å². The topological polar surface area (TPSA) is 32.3 Å². The zero-order chi connectivity index (χ0) is 13.8. The molecule has 2 nitrogen and oxygen atoms in total. The van der Waals surface area contributed by atoms with Crippen molar-refractivity contribution >= 4 is 11.6 Å². The van der Waals surface area contributed by atoms with E-state index in [0.29, 0.717) is 22.7 Å². The van der Waals surface area contributed by atoms with E-state index >= 15 is 0 Å². The molecule has 0 bridgehead atoms. The van der Waals surface area contributed by atoms with Crippen molar-refractivity contribution in [2.75, 3.05) is 0 Å². The molecule has 0 aliphatic carbocycles. The quantitative estimate of drug-likeness (QED) is 0.885. The molecule has 0 unspecified atom stereocenters. The Morgan fingerprint density at radius 3 is 2.68 bits per heavy atom. The Balaban J connectivity index is 2.07. The van der Waals surface area contributed by atoms with Gasteiger partial charge in [0.05, 0.1) is 5.02 Å². The van der Waals surface area contributed by atoms with Crippen molar-refractivity contribution in [2.45, 2.75) is 19.5 Å². The molecule has 0 aliphatic rings. The first kappa shape index (κ1) is 13.8. The maximum Gasteiger partial charge on any atom is 0.138 e. The number of phenolic OH excluding ortho intramolecular Hbond substituents is 1. The lowest BCUT2D eigenvalue weighted by atomic mass is 10.1. The van der Waals surface area contributed by atoms with Gasteiger partial charge in [0.15, 0.2) is 0 Å². The summed E-state index contributed by atoms with van der Waals surface area (Å²) < 4.78 is 13.6. The fourth-order valence-corrected chi connectivity index (χ4v) is 2.10. The number of halogens is 2. The van der Waals surface area contributed by atoms with Crippen molar-refractivity contribution in [3.8, 4) is 5.75 Å². The number of aromatic hydroxyl groups is 1. The lowest BCUT2D eigenvalue weighted by Gasteiger charge is -2.15. The van der Waals surface area contributed by atoms with Crippen LogP contribution in [-0.4, -0.2) is 5.11 Å². The Labute approximate surface area is 116 Å². The van der Waals surface area contributed by atoms with E-state index in [-0.39, 0.29) is 17.6 Å². The van der Waals surface area contributed by atoms with Crippen LogP contribution in [0.4, 0.5) is 4.39 Å². The molecule has 0 radical (unpaired) electrons. The van der Waals surface area contributed by atoms with Gasteiger partial charge in [0.25, 0.3) is 0 Å². The number of rotatable bonds is 4. The lowest BCUT2D eigenvalue weighted by Crippen LogP contribution is -2.19. The van der Waals surface area contributed by atoms with E-state index < -0.39 is 0 Å². The largest absolute Gasteiger partial charge is 0.506 e. The maximum atomic E-state index is 13.6. The fraction of sp³-hybridized carbons (Fsp3) is 0.200. The molecule has 4 heteroatoms. The van der Waals surface area contributed by atoms with Gasteiger partial charge in [-0.05, 0) is 19.1 Å².